The van der Waals surface area contributed by atoms with Crippen LogP contribution in [0.3, 0.4) is 0 Å². The summed E-state index contributed by atoms with van der Waals surface area (Å²) in [5.74, 6) is -0.243. The van der Waals surface area contributed by atoms with Gasteiger partial charge in [-0.3, -0.25) is 14.4 Å². The highest BCUT2D eigenvalue weighted by Gasteiger charge is 2.35. The second kappa shape index (κ2) is 9.51. The summed E-state index contributed by atoms with van der Waals surface area (Å²) in [4.78, 5) is 38.9. The van der Waals surface area contributed by atoms with E-state index in [1.165, 1.54) is 0 Å². The number of nitrogens with zero attached hydrogens (tertiary/aromatic N) is 1. The van der Waals surface area contributed by atoms with Crippen LogP contribution in [0.4, 0.5) is 5.69 Å². The Morgan fingerprint density at radius 1 is 0.969 bits per heavy atom. The number of amides is 3. The number of carbonyl (C=O) groups is 3. The number of fused-ring (bicyclic) bond motifs is 1. The quantitative estimate of drug-likeness (QED) is 0.563. The van der Waals surface area contributed by atoms with Gasteiger partial charge in [0.2, 0.25) is 11.8 Å². The molecule has 4 rings (SSSR count). The zero-order valence-corrected chi connectivity index (χ0v) is 17.8. The lowest BCUT2D eigenvalue weighted by atomic mass is 10.1. The van der Waals surface area contributed by atoms with E-state index in [-0.39, 0.29) is 24.1 Å². The van der Waals surface area contributed by atoms with Crippen LogP contribution in [0.2, 0.25) is 0 Å². The van der Waals surface area contributed by atoms with Gasteiger partial charge in [0.25, 0.3) is 5.91 Å². The van der Waals surface area contributed by atoms with E-state index in [1.54, 1.807) is 30.2 Å². The van der Waals surface area contributed by atoms with E-state index in [9.17, 15) is 14.4 Å². The molecule has 7 heteroatoms. The highest BCUT2D eigenvalue weighted by atomic mass is 16.5. The third-order valence-corrected chi connectivity index (χ3v) is 5.58. The van der Waals surface area contributed by atoms with Gasteiger partial charge in [-0.25, -0.2) is 0 Å². The minimum Gasteiger partial charge on any atom is -0.497 e. The van der Waals surface area contributed by atoms with Crippen molar-refractivity contribution in [2.24, 2.45) is 5.92 Å². The number of benzene rings is 3. The molecule has 32 heavy (non-hydrogen) atoms. The predicted octanol–water partition coefficient (Wildman–Crippen LogP) is 2.75. The molecule has 0 saturated carbocycles. The Bertz CT molecular complexity index is 1160. The Morgan fingerprint density at radius 3 is 2.56 bits per heavy atom. The molecule has 1 aliphatic heterocycles. The number of ether oxygens (including phenoxy) is 1. The van der Waals surface area contributed by atoms with E-state index in [1.807, 2.05) is 48.5 Å². The zero-order valence-electron chi connectivity index (χ0n) is 17.8. The summed E-state index contributed by atoms with van der Waals surface area (Å²) in [6, 6.07) is 20.6. The smallest absolute Gasteiger partial charge is 0.251 e. The van der Waals surface area contributed by atoms with Crippen molar-refractivity contribution in [1.82, 2.24) is 10.6 Å². The van der Waals surface area contributed by atoms with Gasteiger partial charge in [0.15, 0.2) is 0 Å². The number of hydrogen-bond acceptors (Lipinski definition) is 4. The molecule has 1 saturated heterocycles. The largest absolute Gasteiger partial charge is 0.497 e. The molecule has 1 heterocycles. The first-order chi connectivity index (χ1) is 15.5. The summed E-state index contributed by atoms with van der Waals surface area (Å²) in [6.45, 7) is 0.918. The Kier molecular flexibility index (Phi) is 6.35. The number of anilines is 1. The molecule has 3 aromatic carbocycles. The third-order valence-electron chi connectivity index (χ3n) is 5.58. The van der Waals surface area contributed by atoms with Crippen molar-refractivity contribution in [3.8, 4) is 5.75 Å². The summed E-state index contributed by atoms with van der Waals surface area (Å²) in [6.07, 6.45) is 0.159. The van der Waals surface area contributed by atoms with Crippen LogP contribution in [0, 0.1) is 5.92 Å². The molecule has 2 N–H and O–H groups in total. The molecule has 0 spiro atoms. The van der Waals surface area contributed by atoms with Gasteiger partial charge in [0, 0.05) is 43.4 Å². The fraction of sp³-hybridized carbons (Fsp3) is 0.240. The van der Waals surface area contributed by atoms with Gasteiger partial charge in [-0.2, -0.15) is 0 Å². The lowest BCUT2D eigenvalue weighted by molar-refractivity contribution is -0.126. The topological polar surface area (TPSA) is 87.7 Å². The summed E-state index contributed by atoms with van der Waals surface area (Å²) < 4.78 is 5.21. The molecule has 3 aromatic rings. The summed E-state index contributed by atoms with van der Waals surface area (Å²) >= 11 is 0. The van der Waals surface area contributed by atoms with Crippen LogP contribution in [0.15, 0.2) is 66.7 Å². The molecule has 3 amide bonds. The van der Waals surface area contributed by atoms with Gasteiger partial charge in [-0.15, -0.1) is 0 Å². The Labute approximate surface area is 186 Å². The van der Waals surface area contributed by atoms with Crippen molar-refractivity contribution >= 4 is 34.2 Å². The van der Waals surface area contributed by atoms with E-state index in [0.717, 1.165) is 10.8 Å². The number of rotatable bonds is 7. The number of methoxy groups -OCH3 is 1. The van der Waals surface area contributed by atoms with Crippen molar-refractivity contribution in [1.29, 1.82) is 0 Å². The second-order valence-electron chi connectivity index (χ2n) is 7.72. The van der Waals surface area contributed by atoms with Crippen LogP contribution < -0.4 is 20.3 Å². The van der Waals surface area contributed by atoms with Gasteiger partial charge in [-0.05, 0) is 35.0 Å². The van der Waals surface area contributed by atoms with Crippen LogP contribution in [0.25, 0.3) is 10.8 Å². The summed E-state index contributed by atoms with van der Waals surface area (Å²) in [7, 11) is 1.57. The average Bonchev–Trinajstić information content (AvgIpc) is 3.23. The molecule has 0 radical (unpaired) electrons. The Morgan fingerprint density at radius 2 is 1.75 bits per heavy atom. The maximum Gasteiger partial charge on any atom is 0.251 e. The molecule has 0 aromatic heterocycles. The molecular weight excluding hydrogens is 406 g/mol. The molecule has 7 nitrogen and oxygen atoms in total. The monoisotopic (exact) mass is 431 g/mol. The standard InChI is InChI=1S/C25H25N3O4/c1-32-22-8-4-7-21(15-22)28-16-20(14-23(28)29)25(31)27-12-11-26-24(30)19-10-9-17-5-2-3-6-18(17)13-19/h2-10,13,15,20H,11-12,14,16H2,1H3,(H,26,30)(H,27,31)/t20-/m0/s1. The highest BCUT2D eigenvalue weighted by molar-refractivity contribution is 6.00. The van der Waals surface area contributed by atoms with E-state index in [4.69, 9.17) is 4.74 Å². The maximum absolute atomic E-state index is 12.5. The normalized spacial score (nSPS) is 15.6. The van der Waals surface area contributed by atoms with Crippen molar-refractivity contribution < 1.29 is 19.1 Å². The molecule has 1 atom stereocenters. The lowest BCUT2D eigenvalue weighted by Crippen LogP contribution is -2.38. The first-order valence-electron chi connectivity index (χ1n) is 10.5. The average molecular weight is 431 g/mol. The zero-order chi connectivity index (χ0) is 22.5. The molecule has 1 aliphatic rings. The van der Waals surface area contributed by atoms with Gasteiger partial charge in [0.05, 0.1) is 13.0 Å². The Balaban J connectivity index is 1.25. The molecule has 0 aliphatic carbocycles. The van der Waals surface area contributed by atoms with E-state index < -0.39 is 5.92 Å². The number of carbonyl (C=O) groups excluding carboxylic acids is 3. The maximum atomic E-state index is 12.5. The summed E-state index contributed by atoms with van der Waals surface area (Å²) in [5.41, 5.74) is 1.29. The van der Waals surface area contributed by atoms with Crippen LogP contribution in [0.5, 0.6) is 5.75 Å². The van der Waals surface area contributed by atoms with Crippen molar-refractivity contribution in [3.05, 3.63) is 72.3 Å². The van der Waals surface area contributed by atoms with Gasteiger partial charge in [0.1, 0.15) is 5.75 Å². The van der Waals surface area contributed by atoms with E-state index in [2.05, 4.69) is 10.6 Å². The van der Waals surface area contributed by atoms with Crippen molar-refractivity contribution in [2.75, 3.05) is 31.6 Å². The molecular formula is C25H25N3O4. The molecule has 1 fully saturated rings. The second-order valence-corrected chi connectivity index (χ2v) is 7.72. The van der Waals surface area contributed by atoms with Gasteiger partial charge >= 0.3 is 0 Å². The fourth-order valence-electron chi connectivity index (χ4n) is 3.85. The minimum atomic E-state index is -0.426. The van der Waals surface area contributed by atoms with Gasteiger partial charge < -0.3 is 20.3 Å². The molecule has 0 unspecified atom stereocenters. The van der Waals surface area contributed by atoms with Crippen LogP contribution >= 0.6 is 0 Å². The third kappa shape index (κ3) is 4.72. The first kappa shape index (κ1) is 21.4. The predicted molar refractivity (Wildman–Crippen MR) is 123 cm³/mol. The van der Waals surface area contributed by atoms with Gasteiger partial charge in [-0.1, -0.05) is 36.4 Å². The minimum absolute atomic E-state index is 0.0944. The molecule has 0 bridgehead atoms. The lowest BCUT2D eigenvalue weighted by Gasteiger charge is -2.17. The van der Waals surface area contributed by atoms with E-state index in [0.29, 0.717) is 36.6 Å². The van der Waals surface area contributed by atoms with Crippen LogP contribution in [0.1, 0.15) is 16.8 Å². The van der Waals surface area contributed by atoms with Crippen molar-refractivity contribution in [3.63, 3.8) is 0 Å². The fourth-order valence-corrected chi connectivity index (χ4v) is 3.85. The first-order valence-corrected chi connectivity index (χ1v) is 10.5. The van der Waals surface area contributed by atoms with Crippen LogP contribution in [-0.4, -0.2) is 44.5 Å². The van der Waals surface area contributed by atoms with Crippen molar-refractivity contribution in [2.45, 2.75) is 6.42 Å². The number of nitrogens with one attached hydrogen (secondary N) is 2. The number of hydrogen-bond donors (Lipinski definition) is 2. The highest BCUT2D eigenvalue weighted by Crippen LogP contribution is 2.27. The SMILES string of the molecule is COc1cccc(N2C[C@@H](C(=O)NCCNC(=O)c3ccc4ccccc4c3)CC2=O)c1. The molecule has 164 valence electrons. The summed E-state index contributed by atoms with van der Waals surface area (Å²) in [5, 5.41) is 7.71. The van der Waals surface area contributed by atoms with Crippen LogP contribution in [-0.2, 0) is 9.59 Å². The van der Waals surface area contributed by atoms with E-state index >= 15 is 0 Å². The Hall–Kier alpha value is -3.87.